The van der Waals surface area contributed by atoms with Crippen LogP contribution in [0, 0.1) is 0 Å². The molecule has 152 valence electrons. The Balaban J connectivity index is 2.45. The summed E-state index contributed by atoms with van der Waals surface area (Å²) in [4.78, 5) is 25.2. The fourth-order valence-electron chi connectivity index (χ4n) is 2.06. The highest BCUT2D eigenvalue weighted by Gasteiger charge is 2.23. The molecule has 0 radical (unpaired) electrons. The van der Waals surface area contributed by atoms with Crippen LogP contribution in [0.3, 0.4) is 0 Å². The van der Waals surface area contributed by atoms with Crippen molar-refractivity contribution in [3.8, 4) is 0 Å². The highest BCUT2D eigenvalue weighted by Crippen LogP contribution is 2.25. The zero-order valence-electron chi connectivity index (χ0n) is 16.4. The molecule has 2 unspecified atom stereocenters. The van der Waals surface area contributed by atoms with Gasteiger partial charge in [0.05, 0.1) is 0 Å². The minimum atomic E-state index is -1.37. The lowest BCUT2D eigenvalue weighted by Crippen LogP contribution is -2.52. The lowest BCUT2D eigenvalue weighted by molar-refractivity contribution is -0.131. The molecule has 0 saturated heterocycles. The first-order valence-corrected chi connectivity index (χ1v) is 11.1. The van der Waals surface area contributed by atoms with Gasteiger partial charge in [-0.05, 0) is 48.1 Å². The summed E-state index contributed by atoms with van der Waals surface area (Å²) >= 11 is 3.46. The molecule has 5 N–H and O–H groups in total. The molecule has 0 spiro atoms. The molecular weight excluding hydrogens is 382 g/mol. The van der Waals surface area contributed by atoms with E-state index in [0.717, 1.165) is 17.1 Å². The van der Waals surface area contributed by atoms with Crippen LogP contribution in [0.1, 0.15) is 50.9 Å². The Hall–Kier alpha value is -1.22. The molecule has 0 aromatic heterocycles. The lowest BCUT2D eigenvalue weighted by atomic mass is 10.1. The van der Waals surface area contributed by atoms with E-state index in [-0.39, 0.29) is 0 Å². The summed E-state index contributed by atoms with van der Waals surface area (Å²) in [7, 11) is 0. The summed E-state index contributed by atoms with van der Waals surface area (Å²) in [5, 5.41) is 11.0. The van der Waals surface area contributed by atoms with Crippen LogP contribution >= 0.6 is 23.5 Å². The van der Waals surface area contributed by atoms with Crippen molar-refractivity contribution in [3.63, 3.8) is 0 Å². The second-order valence-corrected chi connectivity index (χ2v) is 9.82. The zero-order chi connectivity index (χ0) is 20.4. The fourth-order valence-corrected chi connectivity index (χ4v) is 3.86. The topological polar surface area (TPSA) is 104 Å². The maximum atomic E-state index is 12.1. The molecule has 0 aliphatic heterocycles. The summed E-state index contributed by atoms with van der Waals surface area (Å²) in [6.07, 6.45) is 0.215. The normalized spacial score (nSPS) is 14.5. The number of thioether (sulfide) groups is 2. The number of hydrazine groups is 1. The summed E-state index contributed by atoms with van der Waals surface area (Å²) in [5.74, 6) is -0.398. The largest absolute Gasteiger partial charge is 0.382 e. The molecule has 2 amide bonds. The van der Waals surface area contributed by atoms with E-state index in [1.54, 1.807) is 35.7 Å². The minimum absolute atomic E-state index is 0.427. The van der Waals surface area contributed by atoms with E-state index in [0.29, 0.717) is 22.5 Å². The summed E-state index contributed by atoms with van der Waals surface area (Å²) < 4.78 is 0. The molecule has 6 nitrogen and oxygen atoms in total. The van der Waals surface area contributed by atoms with E-state index in [2.05, 4.69) is 38.5 Å². The van der Waals surface area contributed by atoms with Crippen LogP contribution in [0.4, 0.5) is 0 Å². The number of carbonyl (C=O) groups excluding carboxylic acids is 2. The first-order chi connectivity index (χ1) is 12.7. The van der Waals surface area contributed by atoms with Gasteiger partial charge in [-0.15, -0.1) is 11.8 Å². The first kappa shape index (κ1) is 23.8. The molecule has 0 heterocycles. The Morgan fingerprint density at radius 1 is 1.15 bits per heavy atom. The van der Waals surface area contributed by atoms with Crippen molar-refractivity contribution in [2.45, 2.75) is 68.1 Å². The Morgan fingerprint density at radius 3 is 2.33 bits per heavy atom. The van der Waals surface area contributed by atoms with Gasteiger partial charge in [-0.25, -0.2) is 0 Å². The molecule has 0 saturated carbocycles. The van der Waals surface area contributed by atoms with Gasteiger partial charge in [0, 0.05) is 21.8 Å². The van der Waals surface area contributed by atoms with Crippen molar-refractivity contribution in [2.75, 3.05) is 5.75 Å². The Kier molecular flexibility index (Phi) is 10.8. The molecular formula is C19H31N3O3S2. The number of hydrogen-bond donors (Lipinski definition) is 4. The predicted octanol–water partition coefficient (Wildman–Crippen LogP) is 2.56. The monoisotopic (exact) mass is 413 g/mol. The first-order valence-electron chi connectivity index (χ1n) is 9.16. The molecule has 27 heavy (non-hydrogen) atoms. The lowest BCUT2D eigenvalue weighted by Gasteiger charge is -2.19. The van der Waals surface area contributed by atoms with Crippen LogP contribution in [0.25, 0.3) is 0 Å². The van der Waals surface area contributed by atoms with Gasteiger partial charge in [0.25, 0.3) is 11.8 Å². The van der Waals surface area contributed by atoms with Crippen LogP contribution in [0.2, 0.25) is 0 Å². The zero-order valence-corrected chi connectivity index (χ0v) is 18.0. The van der Waals surface area contributed by atoms with Crippen molar-refractivity contribution in [1.82, 2.24) is 10.9 Å². The Labute approximate surface area is 170 Å². The highest BCUT2D eigenvalue weighted by atomic mass is 32.2. The third kappa shape index (κ3) is 9.01. The van der Waals surface area contributed by atoms with Crippen molar-refractivity contribution < 1.29 is 14.7 Å². The van der Waals surface area contributed by atoms with Crippen molar-refractivity contribution in [3.05, 3.63) is 29.8 Å². The van der Waals surface area contributed by atoms with Crippen molar-refractivity contribution in [2.24, 2.45) is 5.73 Å². The van der Waals surface area contributed by atoms with Crippen LogP contribution in [-0.2, 0) is 4.79 Å². The molecule has 3 atom stereocenters. The van der Waals surface area contributed by atoms with Crippen LogP contribution in [-0.4, -0.2) is 45.3 Å². The minimum Gasteiger partial charge on any atom is -0.382 e. The Bertz CT molecular complexity index is 596. The van der Waals surface area contributed by atoms with Gasteiger partial charge in [0.2, 0.25) is 0 Å². The van der Waals surface area contributed by atoms with Crippen molar-refractivity contribution >= 4 is 35.3 Å². The number of amides is 2. The van der Waals surface area contributed by atoms with E-state index < -0.39 is 24.0 Å². The van der Waals surface area contributed by atoms with Crippen LogP contribution < -0.4 is 16.6 Å². The van der Waals surface area contributed by atoms with Gasteiger partial charge in [0.1, 0.15) is 6.10 Å². The highest BCUT2D eigenvalue weighted by molar-refractivity contribution is 8.00. The maximum Gasteiger partial charge on any atom is 0.269 e. The molecule has 1 aromatic carbocycles. The standard InChI is InChI=1S/C19H31N3O3S2/c1-5-13(4)27-15-8-6-14(7-9-15)18(24)21-22-19(25)17(23)16(20)10-11-26-12(2)3/h6-9,12-13,16-17,23H,5,10-11,20H2,1-4H3,(H,21,24)(H,22,25)/t13?,16-,17?/m1/s1. The third-order valence-corrected chi connectivity index (χ3v) is 6.32. The maximum absolute atomic E-state index is 12.1. The quantitative estimate of drug-likeness (QED) is 0.347. The molecule has 8 heteroatoms. The molecule has 0 aliphatic rings. The van der Waals surface area contributed by atoms with E-state index in [9.17, 15) is 14.7 Å². The SMILES string of the molecule is CCC(C)Sc1ccc(C(=O)NNC(=O)C(O)[C@H](N)CCSC(C)C)cc1. The van der Waals surface area contributed by atoms with Gasteiger partial charge in [-0.2, -0.15) is 11.8 Å². The van der Waals surface area contributed by atoms with E-state index >= 15 is 0 Å². The number of aliphatic hydroxyl groups is 1. The number of carbonyl (C=O) groups is 2. The van der Waals surface area contributed by atoms with Crippen LogP contribution in [0.5, 0.6) is 0 Å². The molecule has 1 aromatic rings. The Morgan fingerprint density at radius 2 is 1.78 bits per heavy atom. The summed E-state index contributed by atoms with van der Waals surface area (Å²) in [6.45, 7) is 8.43. The van der Waals surface area contributed by atoms with Gasteiger partial charge in [-0.1, -0.05) is 27.7 Å². The molecule has 1 rings (SSSR count). The smallest absolute Gasteiger partial charge is 0.269 e. The number of benzene rings is 1. The number of hydrogen-bond acceptors (Lipinski definition) is 6. The summed E-state index contributed by atoms with van der Waals surface area (Å²) in [5.41, 5.74) is 10.8. The van der Waals surface area contributed by atoms with E-state index in [1.807, 2.05) is 12.1 Å². The average molecular weight is 414 g/mol. The van der Waals surface area contributed by atoms with Gasteiger partial charge in [0.15, 0.2) is 0 Å². The summed E-state index contributed by atoms with van der Waals surface area (Å²) in [6, 6.07) is 6.50. The van der Waals surface area contributed by atoms with Crippen LogP contribution in [0.15, 0.2) is 29.2 Å². The molecule has 0 fully saturated rings. The number of aliphatic hydroxyl groups excluding tert-OH is 1. The second-order valence-electron chi connectivity index (χ2n) is 6.62. The van der Waals surface area contributed by atoms with Gasteiger partial charge in [-0.3, -0.25) is 20.4 Å². The second kappa shape index (κ2) is 12.3. The number of nitrogens with one attached hydrogen (secondary N) is 2. The van der Waals surface area contributed by atoms with Gasteiger partial charge >= 0.3 is 0 Å². The van der Waals surface area contributed by atoms with E-state index in [1.165, 1.54) is 0 Å². The number of rotatable bonds is 10. The number of nitrogens with two attached hydrogens (primary N) is 1. The fraction of sp³-hybridized carbons (Fsp3) is 0.579. The molecule has 0 bridgehead atoms. The predicted molar refractivity (Wildman–Crippen MR) is 114 cm³/mol. The van der Waals surface area contributed by atoms with Gasteiger partial charge < -0.3 is 10.8 Å². The van der Waals surface area contributed by atoms with E-state index in [4.69, 9.17) is 5.73 Å². The van der Waals surface area contributed by atoms with Crippen molar-refractivity contribution in [1.29, 1.82) is 0 Å². The third-order valence-electron chi connectivity index (χ3n) is 3.90. The molecule has 0 aliphatic carbocycles. The average Bonchev–Trinajstić information content (AvgIpc) is 2.65.